The van der Waals surface area contributed by atoms with Crippen LogP contribution in [-0.2, 0) is 11.5 Å². The van der Waals surface area contributed by atoms with Gasteiger partial charge in [0.25, 0.3) is 0 Å². The zero-order chi connectivity index (χ0) is 15.9. The molecule has 2 heteroatoms. The molecule has 0 saturated carbocycles. The predicted molar refractivity (Wildman–Crippen MR) is 104 cm³/mol. The topological polar surface area (TPSA) is 0 Å². The molecule has 2 aromatic rings. The Balaban J connectivity index is 1.69. The quantitative estimate of drug-likeness (QED) is 0.564. The van der Waals surface area contributed by atoms with E-state index in [1.807, 2.05) is 0 Å². The number of aryl methyl sites for hydroxylation is 4. The molecule has 22 heavy (non-hydrogen) atoms. The van der Waals surface area contributed by atoms with E-state index >= 15 is 0 Å². The van der Waals surface area contributed by atoms with Crippen LogP contribution in [0, 0.1) is 27.7 Å². The van der Waals surface area contributed by atoms with Crippen molar-refractivity contribution in [3.8, 4) is 0 Å². The summed E-state index contributed by atoms with van der Waals surface area (Å²) in [6.07, 6.45) is 0. The van der Waals surface area contributed by atoms with Gasteiger partial charge in [0.1, 0.15) is 0 Å². The second kappa shape index (κ2) is 8.69. The average molecular weight is 331 g/mol. The summed E-state index contributed by atoms with van der Waals surface area (Å²) in [5.74, 6) is 4.72. The molecule has 0 aliphatic carbocycles. The molecular weight excluding hydrogens is 304 g/mol. The third kappa shape index (κ3) is 5.40. The fourth-order valence-electron chi connectivity index (χ4n) is 2.39. The molecule has 0 N–H and O–H groups in total. The monoisotopic (exact) mass is 330 g/mol. The molecule has 0 saturated heterocycles. The normalized spacial score (nSPS) is 10.9. The Kier molecular flexibility index (Phi) is 6.91. The summed E-state index contributed by atoms with van der Waals surface area (Å²) < 4.78 is 0. The summed E-state index contributed by atoms with van der Waals surface area (Å²) >= 11 is 4.10. The molecule has 0 aromatic heterocycles. The Bertz CT molecular complexity index is 562. The van der Waals surface area contributed by atoms with Gasteiger partial charge in [-0.3, -0.25) is 0 Å². The van der Waals surface area contributed by atoms with Gasteiger partial charge in [-0.1, -0.05) is 47.5 Å². The molecule has 0 atom stereocenters. The van der Waals surface area contributed by atoms with Crippen LogP contribution in [0.25, 0.3) is 0 Å². The van der Waals surface area contributed by atoms with Gasteiger partial charge < -0.3 is 0 Å². The average Bonchev–Trinajstić information content (AvgIpc) is 2.49. The SMILES string of the molecule is Cc1ccc(C)c(CSCCSCc2cc(C)ccc2C)c1. The Labute approximate surface area is 144 Å². The van der Waals surface area contributed by atoms with E-state index in [0.29, 0.717) is 0 Å². The molecule has 0 nitrogen and oxygen atoms in total. The predicted octanol–water partition coefficient (Wildman–Crippen LogP) is 6.09. The molecule has 2 rings (SSSR count). The van der Waals surface area contributed by atoms with E-state index in [9.17, 15) is 0 Å². The van der Waals surface area contributed by atoms with Gasteiger partial charge >= 0.3 is 0 Å². The summed E-state index contributed by atoms with van der Waals surface area (Å²) in [4.78, 5) is 0. The van der Waals surface area contributed by atoms with Gasteiger partial charge in [-0.25, -0.2) is 0 Å². The van der Waals surface area contributed by atoms with Crippen molar-refractivity contribution in [2.45, 2.75) is 39.2 Å². The minimum absolute atomic E-state index is 1.14. The minimum Gasteiger partial charge on any atom is -0.156 e. The molecule has 0 heterocycles. The van der Waals surface area contributed by atoms with Crippen LogP contribution in [0.1, 0.15) is 33.4 Å². The van der Waals surface area contributed by atoms with Gasteiger partial charge in [0.2, 0.25) is 0 Å². The highest BCUT2D eigenvalue weighted by Crippen LogP contribution is 2.21. The molecule has 118 valence electrons. The largest absolute Gasteiger partial charge is 0.156 e. The van der Waals surface area contributed by atoms with Crippen molar-refractivity contribution in [2.24, 2.45) is 0 Å². The molecule has 0 aliphatic rings. The van der Waals surface area contributed by atoms with E-state index in [1.54, 1.807) is 0 Å². The van der Waals surface area contributed by atoms with Crippen LogP contribution in [-0.4, -0.2) is 11.5 Å². The van der Waals surface area contributed by atoms with Crippen molar-refractivity contribution in [3.05, 3.63) is 69.8 Å². The summed E-state index contributed by atoms with van der Waals surface area (Å²) in [6.45, 7) is 8.77. The van der Waals surface area contributed by atoms with Gasteiger partial charge in [0.05, 0.1) is 0 Å². The van der Waals surface area contributed by atoms with E-state index in [4.69, 9.17) is 0 Å². The van der Waals surface area contributed by atoms with Gasteiger partial charge in [-0.15, -0.1) is 0 Å². The first-order valence-electron chi connectivity index (χ1n) is 7.84. The molecular formula is C20H26S2. The third-order valence-corrected chi connectivity index (χ3v) is 6.17. The highest BCUT2D eigenvalue weighted by Gasteiger charge is 2.01. The first-order valence-corrected chi connectivity index (χ1v) is 10.1. The van der Waals surface area contributed by atoms with E-state index in [2.05, 4.69) is 87.6 Å². The van der Waals surface area contributed by atoms with Crippen molar-refractivity contribution >= 4 is 23.5 Å². The maximum Gasteiger partial charge on any atom is 0.0187 e. The van der Waals surface area contributed by atoms with Crippen LogP contribution in [0.15, 0.2) is 36.4 Å². The lowest BCUT2D eigenvalue weighted by Crippen LogP contribution is -1.92. The first kappa shape index (κ1) is 17.5. The Hall–Kier alpha value is -0.860. The summed E-state index contributed by atoms with van der Waals surface area (Å²) in [5, 5.41) is 0. The molecule has 0 fully saturated rings. The Morgan fingerprint density at radius 2 is 1.05 bits per heavy atom. The summed E-state index contributed by atoms with van der Waals surface area (Å²) in [5.41, 5.74) is 8.55. The number of hydrogen-bond acceptors (Lipinski definition) is 2. The van der Waals surface area contributed by atoms with Gasteiger partial charge in [-0.2, -0.15) is 23.5 Å². The maximum absolute atomic E-state index is 2.32. The number of hydrogen-bond donors (Lipinski definition) is 0. The Morgan fingerprint density at radius 1 is 0.636 bits per heavy atom. The second-order valence-electron chi connectivity index (χ2n) is 5.97. The Morgan fingerprint density at radius 3 is 1.45 bits per heavy atom. The fourth-order valence-corrected chi connectivity index (χ4v) is 4.69. The lowest BCUT2D eigenvalue weighted by Gasteiger charge is -2.08. The zero-order valence-electron chi connectivity index (χ0n) is 14.1. The number of benzene rings is 2. The molecule has 0 spiro atoms. The van der Waals surface area contributed by atoms with Crippen LogP contribution in [0.3, 0.4) is 0 Å². The lowest BCUT2D eigenvalue weighted by atomic mass is 10.1. The summed E-state index contributed by atoms with van der Waals surface area (Å²) in [7, 11) is 0. The van der Waals surface area contributed by atoms with Crippen LogP contribution < -0.4 is 0 Å². The molecule has 0 amide bonds. The zero-order valence-corrected chi connectivity index (χ0v) is 15.7. The molecule has 0 aliphatic heterocycles. The molecule has 0 radical (unpaired) electrons. The van der Waals surface area contributed by atoms with Crippen molar-refractivity contribution in [2.75, 3.05) is 11.5 Å². The van der Waals surface area contributed by atoms with Crippen molar-refractivity contribution in [1.82, 2.24) is 0 Å². The standard InChI is InChI=1S/C20H26S2/c1-15-5-7-17(3)19(11-15)13-21-9-10-22-14-20-12-16(2)6-8-18(20)4/h5-8,11-12H,9-10,13-14H2,1-4H3. The number of thioether (sulfide) groups is 2. The van der Waals surface area contributed by atoms with Crippen molar-refractivity contribution < 1.29 is 0 Å². The van der Waals surface area contributed by atoms with Gasteiger partial charge in [-0.05, 0) is 49.9 Å². The maximum atomic E-state index is 2.32. The van der Waals surface area contributed by atoms with Crippen LogP contribution in [0.2, 0.25) is 0 Å². The van der Waals surface area contributed by atoms with E-state index in [1.165, 1.54) is 44.9 Å². The van der Waals surface area contributed by atoms with E-state index in [-0.39, 0.29) is 0 Å². The van der Waals surface area contributed by atoms with Gasteiger partial charge in [0, 0.05) is 23.0 Å². The second-order valence-corrected chi connectivity index (χ2v) is 8.18. The number of rotatable bonds is 7. The summed E-state index contributed by atoms with van der Waals surface area (Å²) in [6, 6.07) is 13.5. The highest BCUT2D eigenvalue weighted by atomic mass is 32.2. The minimum atomic E-state index is 1.14. The molecule has 0 unspecified atom stereocenters. The highest BCUT2D eigenvalue weighted by molar-refractivity contribution is 8.02. The third-order valence-electron chi connectivity index (χ3n) is 3.90. The lowest BCUT2D eigenvalue weighted by molar-refractivity contribution is 1.26. The van der Waals surface area contributed by atoms with Crippen molar-refractivity contribution in [3.63, 3.8) is 0 Å². The fraction of sp³-hybridized carbons (Fsp3) is 0.400. The van der Waals surface area contributed by atoms with Gasteiger partial charge in [0.15, 0.2) is 0 Å². The molecule has 0 bridgehead atoms. The molecule has 2 aromatic carbocycles. The van der Waals surface area contributed by atoms with Crippen molar-refractivity contribution in [1.29, 1.82) is 0 Å². The van der Waals surface area contributed by atoms with Crippen LogP contribution in [0.4, 0.5) is 0 Å². The first-order chi connectivity index (χ1) is 10.6. The van der Waals surface area contributed by atoms with E-state index < -0.39 is 0 Å². The van der Waals surface area contributed by atoms with E-state index in [0.717, 1.165) is 11.5 Å². The smallest absolute Gasteiger partial charge is 0.0187 e. The van der Waals surface area contributed by atoms with Crippen LogP contribution >= 0.6 is 23.5 Å². The van der Waals surface area contributed by atoms with Crippen LogP contribution in [0.5, 0.6) is 0 Å².